The summed E-state index contributed by atoms with van der Waals surface area (Å²) in [5, 5.41) is 23.0. The van der Waals surface area contributed by atoms with Crippen LogP contribution in [0.3, 0.4) is 0 Å². The van der Waals surface area contributed by atoms with Crippen molar-refractivity contribution in [2.24, 2.45) is 0 Å². The highest BCUT2D eigenvalue weighted by molar-refractivity contribution is 5.84. The second-order valence-electron chi connectivity index (χ2n) is 7.80. The minimum atomic E-state index is -1.38. The van der Waals surface area contributed by atoms with Gasteiger partial charge >= 0.3 is 12.1 Å². The van der Waals surface area contributed by atoms with E-state index in [9.17, 15) is 14.4 Å². The number of alkyl carbamates (subject to hydrolysis) is 1. The van der Waals surface area contributed by atoms with Gasteiger partial charge in [-0.2, -0.15) is 0 Å². The predicted molar refractivity (Wildman–Crippen MR) is 118 cm³/mol. The first-order valence-electron chi connectivity index (χ1n) is 10.7. The Morgan fingerprint density at radius 2 is 1.59 bits per heavy atom. The van der Waals surface area contributed by atoms with Gasteiger partial charge < -0.3 is 25.6 Å². The third-order valence-electron chi connectivity index (χ3n) is 5.55. The highest BCUT2D eigenvalue weighted by Crippen LogP contribution is 2.44. The molecule has 2 amide bonds. The molecule has 0 aliphatic heterocycles. The maximum Gasteiger partial charge on any atom is 0.407 e. The number of aliphatic hydroxyl groups excluding tert-OH is 1. The van der Waals surface area contributed by atoms with Gasteiger partial charge in [-0.05, 0) is 28.7 Å². The normalized spacial score (nSPS) is 14.1. The number of aliphatic carboxylic acids is 1. The Labute approximate surface area is 186 Å². The van der Waals surface area contributed by atoms with Crippen molar-refractivity contribution in [3.05, 3.63) is 59.7 Å². The maximum atomic E-state index is 12.5. The number of ether oxygens (including phenoxy) is 1. The van der Waals surface area contributed by atoms with Gasteiger partial charge in [-0.25, -0.2) is 9.59 Å². The predicted octanol–water partition coefficient (Wildman–Crippen LogP) is 2.65. The van der Waals surface area contributed by atoms with Crippen LogP contribution in [0, 0.1) is 0 Å². The third-order valence-corrected chi connectivity index (χ3v) is 5.55. The quantitative estimate of drug-likeness (QED) is 0.450. The number of carbonyl (C=O) groups is 3. The van der Waals surface area contributed by atoms with Crippen LogP contribution in [0.25, 0.3) is 11.1 Å². The molecule has 0 bridgehead atoms. The summed E-state index contributed by atoms with van der Waals surface area (Å²) in [7, 11) is 0. The molecular weight excluding hydrogens is 412 g/mol. The molecule has 1 aliphatic rings. The minimum Gasteiger partial charge on any atom is -0.480 e. The number of aliphatic hydroxyl groups is 1. The van der Waals surface area contributed by atoms with Crippen LogP contribution in [-0.4, -0.2) is 53.5 Å². The lowest BCUT2D eigenvalue weighted by Crippen LogP contribution is -2.46. The highest BCUT2D eigenvalue weighted by Gasteiger charge is 2.29. The topological polar surface area (TPSA) is 125 Å². The molecule has 0 spiro atoms. The van der Waals surface area contributed by atoms with Crippen molar-refractivity contribution in [1.82, 2.24) is 10.6 Å². The summed E-state index contributed by atoms with van der Waals surface area (Å²) in [4.78, 5) is 35.6. The number of carbonyl (C=O) groups excluding carboxylic acids is 2. The minimum absolute atomic E-state index is 0.0676. The number of hydrogen-bond donors (Lipinski definition) is 4. The van der Waals surface area contributed by atoms with E-state index in [1.165, 1.54) is 0 Å². The van der Waals surface area contributed by atoms with Gasteiger partial charge in [0.15, 0.2) is 0 Å². The summed E-state index contributed by atoms with van der Waals surface area (Å²) in [6.45, 7) is 1.37. The Hall–Kier alpha value is -3.39. The molecule has 1 unspecified atom stereocenters. The fourth-order valence-corrected chi connectivity index (χ4v) is 4.04. The monoisotopic (exact) mass is 440 g/mol. The van der Waals surface area contributed by atoms with Crippen LogP contribution in [0.1, 0.15) is 43.2 Å². The van der Waals surface area contributed by atoms with Gasteiger partial charge in [0.2, 0.25) is 5.91 Å². The van der Waals surface area contributed by atoms with Gasteiger partial charge in [0.1, 0.15) is 12.6 Å². The lowest BCUT2D eigenvalue weighted by molar-refractivity contribution is -0.143. The summed E-state index contributed by atoms with van der Waals surface area (Å²) < 4.78 is 5.52. The number of benzene rings is 2. The molecule has 8 heteroatoms. The lowest BCUT2D eigenvalue weighted by atomic mass is 9.98. The number of rotatable bonds is 10. The molecule has 32 heavy (non-hydrogen) atoms. The average Bonchev–Trinajstić information content (AvgIpc) is 3.10. The number of carboxylic acids is 1. The zero-order chi connectivity index (χ0) is 23.1. The summed E-state index contributed by atoms with van der Waals surface area (Å²) in [6, 6.07) is 14.2. The first-order valence-corrected chi connectivity index (χ1v) is 10.7. The number of carboxylic acid groups (broad SMARTS) is 1. The van der Waals surface area contributed by atoms with Gasteiger partial charge in [-0.15, -0.1) is 0 Å². The first kappa shape index (κ1) is 23.3. The Morgan fingerprint density at radius 1 is 1.00 bits per heavy atom. The summed E-state index contributed by atoms with van der Waals surface area (Å²) in [6.07, 6.45) is 0.496. The lowest BCUT2D eigenvalue weighted by Gasteiger charge is -2.20. The highest BCUT2D eigenvalue weighted by atomic mass is 16.5. The maximum absolute atomic E-state index is 12.5. The Kier molecular flexibility index (Phi) is 7.83. The average molecular weight is 440 g/mol. The van der Waals surface area contributed by atoms with Crippen molar-refractivity contribution >= 4 is 18.0 Å². The van der Waals surface area contributed by atoms with Crippen LogP contribution in [0.5, 0.6) is 0 Å². The van der Waals surface area contributed by atoms with Crippen molar-refractivity contribution in [3.8, 4) is 11.1 Å². The van der Waals surface area contributed by atoms with E-state index in [-0.39, 0.29) is 18.9 Å². The number of nitrogens with one attached hydrogen (secondary N) is 2. The van der Waals surface area contributed by atoms with E-state index >= 15 is 0 Å². The molecule has 2 atom stereocenters. The van der Waals surface area contributed by atoms with E-state index in [2.05, 4.69) is 22.8 Å². The second-order valence-corrected chi connectivity index (χ2v) is 7.80. The van der Waals surface area contributed by atoms with Crippen LogP contribution >= 0.6 is 0 Å². The Balaban J connectivity index is 1.59. The molecule has 0 heterocycles. The molecule has 4 N–H and O–H groups in total. The third kappa shape index (κ3) is 5.45. The smallest absolute Gasteiger partial charge is 0.407 e. The molecule has 2 aromatic rings. The molecule has 170 valence electrons. The summed E-state index contributed by atoms with van der Waals surface area (Å²) in [5.41, 5.74) is 4.48. The molecule has 1 aliphatic carbocycles. The molecule has 8 nitrogen and oxygen atoms in total. The van der Waals surface area contributed by atoms with E-state index in [0.717, 1.165) is 22.3 Å². The Bertz CT molecular complexity index is 931. The summed E-state index contributed by atoms with van der Waals surface area (Å²) >= 11 is 0. The van der Waals surface area contributed by atoms with Crippen molar-refractivity contribution in [2.45, 2.75) is 44.2 Å². The molecule has 0 saturated carbocycles. The van der Waals surface area contributed by atoms with E-state index in [4.69, 9.17) is 14.9 Å². The van der Waals surface area contributed by atoms with Crippen LogP contribution in [-0.2, 0) is 14.3 Å². The number of amides is 2. The first-order chi connectivity index (χ1) is 15.4. The number of fused-ring (bicyclic) bond motifs is 3. The largest absolute Gasteiger partial charge is 0.480 e. The van der Waals surface area contributed by atoms with Crippen LogP contribution < -0.4 is 10.6 Å². The zero-order valence-corrected chi connectivity index (χ0v) is 17.9. The van der Waals surface area contributed by atoms with Crippen molar-refractivity contribution in [3.63, 3.8) is 0 Å². The van der Waals surface area contributed by atoms with Gasteiger partial charge in [0.05, 0.1) is 6.61 Å². The van der Waals surface area contributed by atoms with Crippen LogP contribution in [0.2, 0.25) is 0 Å². The van der Waals surface area contributed by atoms with E-state index in [1.54, 1.807) is 0 Å². The number of hydrogen-bond acceptors (Lipinski definition) is 5. The van der Waals surface area contributed by atoms with Gasteiger partial charge in [-0.1, -0.05) is 61.9 Å². The fourth-order valence-electron chi connectivity index (χ4n) is 4.04. The fraction of sp³-hybridized carbons (Fsp3) is 0.375. The van der Waals surface area contributed by atoms with Crippen molar-refractivity contribution < 1.29 is 29.3 Å². The molecule has 2 aromatic carbocycles. The van der Waals surface area contributed by atoms with Crippen LogP contribution in [0.15, 0.2) is 48.5 Å². The molecule has 0 aromatic heterocycles. The van der Waals surface area contributed by atoms with E-state index in [0.29, 0.717) is 12.8 Å². The zero-order valence-electron chi connectivity index (χ0n) is 17.9. The standard InChI is InChI=1S/C24H28N2O6/c1-2-7-15(12-22(28)26-21(13-27)23(29)30)25-24(31)32-14-20-18-10-5-3-8-16(18)17-9-4-6-11-19(17)20/h3-6,8-11,15,20-21,27H,2,7,12-14H2,1H3,(H,25,31)(H,26,28)(H,29,30)/t15?,21-/m0/s1. The molecule has 0 fully saturated rings. The Morgan fingerprint density at radius 3 is 2.12 bits per heavy atom. The van der Waals surface area contributed by atoms with E-state index < -0.39 is 36.7 Å². The van der Waals surface area contributed by atoms with Crippen LogP contribution in [0.4, 0.5) is 4.79 Å². The van der Waals surface area contributed by atoms with Gasteiger partial charge in [-0.3, -0.25) is 4.79 Å². The molecule has 0 radical (unpaired) electrons. The molecule has 3 rings (SSSR count). The summed E-state index contributed by atoms with van der Waals surface area (Å²) in [5.74, 6) is -1.96. The van der Waals surface area contributed by atoms with Gasteiger partial charge in [0, 0.05) is 18.4 Å². The molecule has 0 saturated heterocycles. The van der Waals surface area contributed by atoms with Gasteiger partial charge in [0.25, 0.3) is 0 Å². The van der Waals surface area contributed by atoms with E-state index in [1.807, 2.05) is 43.3 Å². The second kappa shape index (κ2) is 10.8. The molecular formula is C24H28N2O6. The van der Waals surface area contributed by atoms with Crippen molar-refractivity contribution in [2.75, 3.05) is 13.2 Å². The van der Waals surface area contributed by atoms with Crippen molar-refractivity contribution in [1.29, 1.82) is 0 Å². The SMILES string of the molecule is CCCC(CC(=O)N[C@@H](CO)C(=O)O)NC(=O)OCC1c2ccccc2-c2ccccc21.